The van der Waals surface area contributed by atoms with Gasteiger partial charge in [-0.15, -0.1) is 0 Å². The summed E-state index contributed by atoms with van der Waals surface area (Å²) in [6.07, 6.45) is 3.17. The summed E-state index contributed by atoms with van der Waals surface area (Å²) in [6, 6.07) is 12.3. The standard InChI is InChI=1S/C24H29ClN2O4/c1-3-12-31-22-19(25)14-17(15-21(22)30-4-2)23(28)27-20(24(29)26-18-10-11-18)13-16-8-6-5-7-9-16/h5-9,14-15,18,20H,3-4,10-13H2,1-2H3,(H,26,29)(H,27,28). The summed E-state index contributed by atoms with van der Waals surface area (Å²) in [5.74, 6) is 0.264. The van der Waals surface area contributed by atoms with E-state index < -0.39 is 11.9 Å². The van der Waals surface area contributed by atoms with Gasteiger partial charge in [0.1, 0.15) is 6.04 Å². The number of hydrogen-bond donors (Lipinski definition) is 2. The Labute approximate surface area is 188 Å². The van der Waals surface area contributed by atoms with E-state index in [1.807, 2.05) is 44.2 Å². The Morgan fingerprint density at radius 2 is 1.87 bits per heavy atom. The molecule has 0 heterocycles. The molecule has 166 valence electrons. The first kappa shape index (κ1) is 22.9. The number of halogens is 1. The molecule has 31 heavy (non-hydrogen) atoms. The summed E-state index contributed by atoms with van der Waals surface area (Å²) < 4.78 is 11.3. The van der Waals surface area contributed by atoms with Crippen LogP contribution in [-0.2, 0) is 11.2 Å². The third-order valence-corrected chi connectivity index (χ3v) is 5.13. The molecule has 1 saturated carbocycles. The van der Waals surface area contributed by atoms with Gasteiger partial charge in [-0.1, -0.05) is 48.9 Å². The van der Waals surface area contributed by atoms with Crippen molar-refractivity contribution >= 4 is 23.4 Å². The second-order valence-corrected chi connectivity index (χ2v) is 7.97. The minimum atomic E-state index is -0.694. The molecule has 6 nitrogen and oxygen atoms in total. The van der Waals surface area contributed by atoms with Crippen molar-refractivity contribution in [1.29, 1.82) is 0 Å². The molecule has 1 fully saturated rings. The Bertz CT molecular complexity index is 900. The topological polar surface area (TPSA) is 76.7 Å². The largest absolute Gasteiger partial charge is 0.490 e. The average molecular weight is 445 g/mol. The quantitative estimate of drug-likeness (QED) is 0.546. The van der Waals surface area contributed by atoms with Crippen LogP contribution < -0.4 is 20.1 Å². The van der Waals surface area contributed by atoms with Crippen LogP contribution in [0.2, 0.25) is 5.02 Å². The maximum atomic E-state index is 13.0. The number of carbonyl (C=O) groups excluding carboxylic acids is 2. The van der Waals surface area contributed by atoms with E-state index in [0.29, 0.717) is 41.7 Å². The molecule has 2 N–H and O–H groups in total. The molecule has 1 aliphatic rings. The van der Waals surface area contributed by atoms with Crippen LogP contribution in [0.4, 0.5) is 0 Å². The van der Waals surface area contributed by atoms with Crippen LogP contribution in [0.25, 0.3) is 0 Å². The van der Waals surface area contributed by atoms with E-state index in [1.165, 1.54) is 0 Å². The second-order valence-electron chi connectivity index (χ2n) is 7.57. The summed E-state index contributed by atoms with van der Waals surface area (Å²) in [6.45, 7) is 4.74. The molecule has 0 aliphatic heterocycles. The maximum Gasteiger partial charge on any atom is 0.252 e. The van der Waals surface area contributed by atoms with Gasteiger partial charge in [-0.3, -0.25) is 9.59 Å². The summed E-state index contributed by atoms with van der Waals surface area (Å²) >= 11 is 6.39. The molecule has 2 aromatic rings. The molecular weight excluding hydrogens is 416 g/mol. The highest BCUT2D eigenvalue weighted by Gasteiger charge is 2.29. The predicted molar refractivity (Wildman–Crippen MR) is 121 cm³/mol. The zero-order chi connectivity index (χ0) is 22.2. The fourth-order valence-electron chi connectivity index (χ4n) is 3.14. The molecule has 0 radical (unpaired) electrons. The van der Waals surface area contributed by atoms with Crippen molar-refractivity contribution in [3.63, 3.8) is 0 Å². The van der Waals surface area contributed by atoms with Gasteiger partial charge in [0.05, 0.1) is 18.2 Å². The molecule has 2 amide bonds. The van der Waals surface area contributed by atoms with E-state index in [2.05, 4.69) is 10.6 Å². The van der Waals surface area contributed by atoms with Gasteiger partial charge in [0.15, 0.2) is 11.5 Å². The lowest BCUT2D eigenvalue weighted by Gasteiger charge is -2.20. The highest BCUT2D eigenvalue weighted by molar-refractivity contribution is 6.32. The Balaban J connectivity index is 1.80. The minimum absolute atomic E-state index is 0.182. The van der Waals surface area contributed by atoms with Crippen LogP contribution in [0.3, 0.4) is 0 Å². The number of carbonyl (C=O) groups is 2. The second kappa shape index (κ2) is 11.0. The number of benzene rings is 2. The Kier molecular flexibility index (Phi) is 8.18. The molecule has 0 saturated heterocycles. The van der Waals surface area contributed by atoms with Gasteiger partial charge in [0, 0.05) is 18.0 Å². The molecule has 1 unspecified atom stereocenters. The maximum absolute atomic E-state index is 13.0. The van der Waals surface area contributed by atoms with Crippen molar-refractivity contribution in [3.05, 3.63) is 58.6 Å². The first-order valence-corrected chi connectivity index (χ1v) is 11.1. The molecular formula is C24H29ClN2O4. The Morgan fingerprint density at radius 1 is 1.13 bits per heavy atom. The fourth-order valence-corrected chi connectivity index (χ4v) is 3.40. The molecule has 1 atom stereocenters. The van der Waals surface area contributed by atoms with Crippen LogP contribution in [0.15, 0.2) is 42.5 Å². The number of amides is 2. The highest BCUT2D eigenvalue weighted by Crippen LogP contribution is 2.37. The lowest BCUT2D eigenvalue weighted by molar-refractivity contribution is -0.123. The SMILES string of the molecule is CCCOc1c(Cl)cc(C(=O)NC(Cc2ccccc2)C(=O)NC2CC2)cc1OCC. The molecule has 2 aromatic carbocycles. The zero-order valence-corrected chi connectivity index (χ0v) is 18.7. The van der Waals surface area contributed by atoms with Crippen molar-refractivity contribution < 1.29 is 19.1 Å². The van der Waals surface area contributed by atoms with Gasteiger partial charge < -0.3 is 20.1 Å². The third-order valence-electron chi connectivity index (χ3n) is 4.85. The van der Waals surface area contributed by atoms with Gasteiger partial charge in [-0.25, -0.2) is 0 Å². The molecule has 0 bridgehead atoms. The van der Waals surface area contributed by atoms with Crippen molar-refractivity contribution in [2.75, 3.05) is 13.2 Å². The van der Waals surface area contributed by atoms with E-state index in [1.54, 1.807) is 12.1 Å². The van der Waals surface area contributed by atoms with E-state index in [9.17, 15) is 9.59 Å². The van der Waals surface area contributed by atoms with Crippen molar-refractivity contribution in [3.8, 4) is 11.5 Å². The summed E-state index contributed by atoms with van der Waals surface area (Å²) in [5, 5.41) is 6.15. The molecule has 0 aromatic heterocycles. The van der Waals surface area contributed by atoms with Crippen molar-refractivity contribution in [2.45, 2.75) is 51.6 Å². The van der Waals surface area contributed by atoms with E-state index >= 15 is 0 Å². The van der Waals surface area contributed by atoms with Crippen molar-refractivity contribution in [1.82, 2.24) is 10.6 Å². The van der Waals surface area contributed by atoms with Crippen LogP contribution in [-0.4, -0.2) is 37.1 Å². The number of ether oxygens (including phenoxy) is 2. The van der Waals surface area contributed by atoms with Crippen LogP contribution in [0.5, 0.6) is 11.5 Å². The lowest BCUT2D eigenvalue weighted by atomic mass is 10.0. The van der Waals surface area contributed by atoms with E-state index in [-0.39, 0.29) is 11.9 Å². The fraction of sp³-hybridized carbons (Fsp3) is 0.417. The van der Waals surface area contributed by atoms with E-state index in [0.717, 1.165) is 24.8 Å². The number of nitrogens with one attached hydrogen (secondary N) is 2. The highest BCUT2D eigenvalue weighted by atomic mass is 35.5. The van der Waals surface area contributed by atoms with Gasteiger partial charge in [0.2, 0.25) is 5.91 Å². The summed E-state index contributed by atoms with van der Waals surface area (Å²) in [7, 11) is 0. The van der Waals surface area contributed by atoms with Crippen molar-refractivity contribution in [2.24, 2.45) is 0 Å². The van der Waals surface area contributed by atoms with E-state index in [4.69, 9.17) is 21.1 Å². The van der Waals surface area contributed by atoms with Crippen LogP contribution in [0, 0.1) is 0 Å². The third kappa shape index (κ3) is 6.62. The van der Waals surface area contributed by atoms with Crippen LogP contribution in [0.1, 0.15) is 49.0 Å². The lowest BCUT2D eigenvalue weighted by Crippen LogP contribution is -2.48. The molecule has 0 spiro atoms. The van der Waals surface area contributed by atoms with Gasteiger partial charge in [-0.2, -0.15) is 0 Å². The minimum Gasteiger partial charge on any atom is -0.490 e. The smallest absolute Gasteiger partial charge is 0.252 e. The zero-order valence-electron chi connectivity index (χ0n) is 17.9. The number of rotatable bonds is 11. The summed E-state index contributed by atoms with van der Waals surface area (Å²) in [4.78, 5) is 25.8. The van der Waals surface area contributed by atoms with Gasteiger partial charge in [-0.05, 0) is 43.9 Å². The first-order chi connectivity index (χ1) is 15.0. The molecule has 3 rings (SSSR count). The van der Waals surface area contributed by atoms with Gasteiger partial charge in [0.25, 0.3) is 5.91 Å². The predicted octanol–water partition coefficient (Wildman–Crippen LogP) is 4.15. The molecule has 1 aliphatic carbocycles. The number of hydrogen-bond acceptors (Lipinski definition) is 4. The van der Waals surface area contributed by atoms with Crippen LogP contribution >= 0.6 is 11.6 Å². The first-order valence-electron chi connectivity index (χ1n) is 10.8. The average Bonchev–Trinajstić information content (AvgIpc) is 3.57. The normalized spacial score (nSPS) is 13.9. The Hall–Kier alpha value is -2.73. The van der Waals surface area contributed by atoms with Gasteiger partial charge >= 0.3 is 0 Å². The summed E-state index contributed by atoms with van der Waals surface area (Å²) in [5.41, 5.74) is 1.28. The Morgan fingerprint density at radius 3 is 2.52 bits per heavy atom. The molecule has 7 heteroatoms. The monoisotopic (exact) mass is 444 g/mol.